The molecular formula is C11H8N4O. The molecule has 0 amide bonds. The molecule has 3 aromatic rings. The second kappa shape index (κ2) is 3.30. The Morgan fingerprint density at radius 3 is 2.62 bits per heavy atom. The molecule has 5 nitrogen and oxygen atoms in total. The Morgan fingerprint density at radius 1 is 1.00 bits per heavy atom. The molecule has 5 heteroatoms. The number of hydrogen-bond donors (Lipinski definition) is 2. The fraction of sp³-hybridized carbons (Fsp3) is 0. The van der Waals surface area contributed by atoms with Crippen molar-refractivity contribution in [3.05, 3.63) is 36.9 Å². The van der Waals surface area contributed by atoms with Gasteiger partial charge in [0.2, 0.25) is 0 Å². The van der Waals surface area contributed by atoms with Crippen LogP contribution in [0.1, 0.15) is 0 Å². The number of hydrogen-bond acceptors (Lipinski definition) is 4. The molecule has 0 aliphatic rings. The Balaban J connectivity index is 2.25. The van der Waals surface area contributed by atoms with E-state index in [1.807, 2.05) is 0 Å². The first kappa shape index (κ1) is 8.84. The maximum atomic E-state index is 9.22. The summed E-state index contributed by atoms with van der Waals surface area (Å²) in [6.45, 7) is 0. The molecule has 2 aromatic heterocycles. The SMILES string of the molecule is Oc1ccc(-c2ncnc3nc[nH]c23)cc1. The smallest absolute Gasteiger partial charge is 0.181 e. The van der Waals surface area contributed by atoms with Crippen molar-refractivity contribution in [2.45, 2.75) is 0 Å². The number of nitrogens with zero attached hydrogens (tertiary/aromatic N) is 3. The first-order valence-corrected chi connectivity index (χ1v) is 4.78. The lowest BCUT2D eigenvalue weighted by Gasteiger charge is -2.01. The number of phenols is 1. The summed E-state index contributed by atoms with van der Waals surface area (Å²) in [5.41, 5.74) is 3.13. The molecule has 0 atom stereocenters. The molecule has 78 valence electrons. The van der Waals surface area contributed by atoms with Gasteiger partial charge in [-0.15, -0.1) is 0 Å². The summed E-state index contributed by atoms with van der Waals surface area (Å²) in [5.74, 6) is 0.235. The molecule has 0 fully saturated rings. The van der Waals surface area contributed by atoms with Gasteiger partial charge >= 0.3 is 0 Å². The van der Waals surface area contributed by atoms with Crippen molar-refractivity contribution in [1.29, 1.82) is 0 Å². The molecule has 16 heavy (non-hydrogen) atoms. The minimum absolute atomic E-state index is 0.235. The van der Waals surface area contributed by atoms with Crippen LogP contribution in [0.5, 0.6) is 5.75 Å². The minimum Gasteiger partial charge on any atom is -0.508 e. The Kier molecular flexibility index (Phi) is 1.83. The van der Waals surface area contributed by atoms with Gasteiger partial charge in [0.25, 0.3) is 0 Å². The molecule has 1 aromatic carbocycles. The predicted molar refractivity (Wildman–Crippen MR) is 58.8 cm³/mol. The summed E-state index contributed by atoms with van der Waals surface area (Å²) in [6, 6.07) is 6.86. The van der Waals surface area contributed by atoms with E-state index in [-0.39, 0.29) is 5.75 Å². The van der Waals surface area contributed by atoms with Gasteiger partial charge in [0.1, 0.15) is 17.6 Å². The van der Waals surface area contributed by atoms with Crippen LogP contribution < -0.4 is 0 Å². The van der Waals surface area contributed by atoms with Crippen LogP contribution in [0.2, 0.25) is 0 Å². The van der Waals surface area contributed by atoms with Crippen molar-refractivity contribution in [3.63, 3.8) is 0 Å². The van der Waals surface area contributed by atoms with Crippen LogP contribution in [0, 0.1) is 0 Å². The fourth-order valence-corrected chi connectivity index (χ4v) is 1.60. The first-order chi connectivity index (χ1) is 7.84. The number of nitrogens with one attached hydrogen (secondary N) is 1. The fourth-order valence-electron chi connectivity index (χ4n) is 1.60. The van der Waals surface area contributed by atoms with Crippen molar-refractivity contribution in [3.8, 4) is 17.0 Å². The van der Waals surface area contributed by atoms with Gasteiger partial charge in [-0.3, -0.25) is 0 Å². The summed E-state index contributed by atoms with van der Waals surface area (Å²) in [7, 11) is 0. The topological polar surface area (TPSA) is 74.7 Å². The largest absolute Gasteiger partial charge is 0.508 e. The third-order valence-electron chi connectivity index (χ3n) is 2.36. The van der Waals surface area contributed by atoms with Gasteiger partial charge in [-0.25, -0.2) is 15.0 Å². The third-order valence-corrected chi connectivity index (χ3v) is 2.36. The Morgan fingerprint density at radius 2 is 1.81 bits per heavy atom. The van der Waals surface area contributed by atoms with Crippen molar-refractivity contribution in [1.82, 2.24) is 19.9 Å². The molecule has 3 rings (SSSR count). The Bertz CT molecular complexity index is 630. The number of aromatic hydroxyl groups is 1. The van der Waals surface area contributed by atoms with Gasteiger partial charge in [0, 0.05) is 5.56 Å². The molecule has 0 radical (unpaired) electrons. The van der Waals surface area contributed by atoms with E-state index in [4.69, 9.17) is 0 Å². The highest BCUT2D eigenvalue weighted by atomic mass is 16.3. The van der Waals surface area contributed by atoms with E-state index >= 15 is 0 Å². The van der Waals surface area contributed by atoms with Gasteiger partial charge in [-0.05, 0) is 24.3 Å². The van der Waals surface area contributed by atoms with Gasteiger partial charge in [0.05, 0.1) is 12.0 Å². The van der Waals surface area contributed by atoms with Crippen LogP contribution in [0.25, 0.3) is 22.4 Å². The lowest BCUT2D eigenvalue weighted by molar-refractivity contribution is 0.475. The van der Waals surface area contributed by atoms with E-state index in [2.05, 4.69) is 19.9 Å². The number of benzene rings is 1. The van der Waals surface area contributed by atoms with Gasteiger partial charge < -0.3 is 10.1 Å². The number of aromatic nitrogens is 4. The summed E-state index contributed by atoms with van der Waals surface area (Å²) in [4.78, 5) is 15.3. The molecule has 2 heterocycles. The zero-order valence-electron chi connectivity index (χ0n) is 8.25. The molecule has 2 N–H and O–H groups in total. The highest BCUT2D eigenvalue weighted by Crippen LogP contribution is 2.24. The molecule has 0 saturated heterocycles. The summed E-state index contributed by atoms with van der Waals surface area (Å²) >= 11 is 0. The van der Waals surface area contributed by atoms with Gasteiger partial charge in [-0.1, -0.05) is 0 Å². The van der Waals surface area contributed by atoms with Crippen LogP contribution in [-0.4, -0.2) is 25.0 Å². The van der Waals surface area contributed by atoms with Gasteiger partial charge in [-0.2, -0.15) is 0 Å². The van der Waals surface area contributed by atoms with Crippen LogP contribution in [-0.2, 0) is 0 Å². The van der Waals surface area contributed by atoms with E-state index in [0.717, 1.165) is 16.8 Å². The lowest BCUT2D eigenvalue weighted by Crippen LogP contribution is -1.87. The second-order valence-electron chi connectivity index (χ2n) is 3.37. The molecule has 0 saturated carbocycles. The number of imidazole rings is 1. The third kappa shape index (κ3) is 1.30. The predicted octanol–water partition coefficient (Wildman–Crippen LogP) is 1.73. The molecular weight excluding hydrogens is 204 g/mol. The average Bonchev–Trinajstić information content (AvgIpc) is 2.78. The van der Waals surface area contributed by atoms with Crippen LogP contribution in [0.3, 0.4) is 0 Å². The molecule has 0 aliphatic carbocycles. The summed E-state index contributed by atoms with van der Waals surface area (Å²) in [5, 5.41) is 9.22. The van der Waals surface area contributed by atoms with Crippen LogP contribution in [0.15, 0.2) is 36.9 Å². The average molecular weight is 212 g/mol. The normalized spacial score (nSPS) is 10.8. The molecule has 0 bridgehead atoms. The van der Waals surface area contributed by atoms with E-state index in [9.17, 15) is 5.11 Å². The zero-order chi connectivity index (χ0) is 11.0. The number of rotatable bonds is 1. The van der Waals surface area contributed by atoms with Crippen LogP contribution in [0.4, 0.5) is 0 Å². The number of fused-ring (bicyclic) bond motifs is 1. The standard InChI is InChI=1S/C11H8N4O/c16-8-3-1-7(2-4-8)9-10-11(14-5-12-9)15-6-13-10/h1-6,16H,(H,12,13,14,15). The Labute approximate surface area is 90.8 Å². The van der Waals surface area contributed by atoms with E-state index in [0.29, 0.717) is 5.65 Å². The van der Waals surface area contributed by atoms with Crippen molar-refractivity contribution in [2.24, 2.45) is 0 Å². The second-order valence-corrected chi connectivity index (χ2v) is 3.37. The van der Waals surface area contributed by atoms with Gasteiger partial charge in [0.15, 0.2) is 5.65 Å². The summed E-state index contributed by atoms with van der Waals surface area (Å²) < 4.78 is 0. The Hall–Kier alpha value is -2.43. The van der Waals surface area contributed by atoms with Crippen molar-refractivity contribution < 1.29 is 5.11 Å². The zero-order valence-corrected chi connectivity index (χ0v) is 8.25. The highest BCUT2D eigenvalue weighted by Gasteiger charge is 2.07. The lowest BCUT2D eigenvalue weighted by atomic mass is 10.1. The maximum absolute atomic E-state index is 9.22. The van der Waals surface area contributed by atoms with E-state index in [1.165, 1.54) is 6.33 Å². The van der Waals surface area contributed by atoms with E-state index in [1.54, 1.807) is 30.6 Å². The van der Waals surface area contributed by atoms with Crippen molar-refractivity contribution in [2.75, 3.05) is 0 Å². The maximum Gasteiger partial charge on any atom is 0.181 e. The molecule has 0 spiro atoms. The molecule has 0 aliphatic heterocycles. The number of H-pyrrole nitrogens is 1. The minimum atomic E-state index is 0.235. The number of aromatic amines is 1. The first-order valence-electron chi connectivity index (χ1n) is 4.78. The quantitative estimate of drug-likeness (QED) is 0.644. The van der Waals surface area contributed by atoms with E-state index < -0.39 is 0 Å². The monoisotopic (exact) mass is 212 g/mol. The molecule has 0 unspecified atom stereocenters. The van der Waals surface area contributed by atoms with Crippen LogP contribution >= 0.6 is 0 Å². The van der Waals surface area contributed by atoms with Crippen molar-refractivity contribution >= 4 is 11.2 Å². The number of phenolic OH excluding ortho intramolecular Hbond substituents is 1. The summed E-state index contributed by atoms with van der Waals surface area (Å²) in [6.07, 6.45) is 3.06. The highest BCUT2D eigenvalue weighted by molar-refractivity contribution is 5.86.